The lowest BCUT2D eigenvalue weighted by Crippen LogP contribution is -2.19. The summed E-state index contributed by atoms with van der Waals surface area (Å²) >= 11 is 1.01. The Hall–Kier alpha value is -2.09. The number of methoxy groups -OCH3 is 1. The Morgan fingerprint density at radius 2 is 2.25 bits per heavy atom. The van der Waals surface area contributed by atoms with Gasteiger partial charge in [0.15, 0.2) is 0 Å². The molecule has 0 fully saturated rings. The summed E-state index contributed by atoms with van der Waals surface area (Å²) in [5.74, 6) is -0.606. The fourth-order valence-electron chi connectivity index (χ4n) is 1.85. The fourth-order valence-corrected chi connectivity index (χ4v) is 2.72. The summed E-state index contributed by atoms with van der Waals surface area (Å²) in [7, 11) is 1.25. The number of hydrogen-bond acceptors (Lipinski definition) is 6. The highest BCUT2D eigenvalue weighted by molar-refractivity contribution is 8.00. The van der Waals surface area contributed by atoms with Gasteiger partial charge >= 0.3 is 5.97 Å². The molecule has 1 aromatic rings. The number of hydrogen-bond donors (Lipinski definition) is 1. The number of nitrogens with zero attached hydrogens (tertiary/aromatic N) is 1. The smallest absolute Gasteiger partial charge is 0.315 e. The Balaban J connectivity index is 2.33. The van der Waals surface area contributed by atoms with Crippen molar-refractivity contribution in [3.8, 4) is 0 Å². The van der Waals surface area contributed by atoms with Crippen molar-refractivity contribution in [2.24, 2.45) is 0 Å². The summed E-state index contributed by atoms with van der Waals surface area (Å²) in [4.78, 5) is 33.4. The van der Waals surface area contributed by atoms with E-state index in [-0.39, 0.29) is 17.3 Å². The quantitative estimate of drug-likeness (QED) is 0.393. The fraction of sp³-hybridized carbons (Fsp3) is 0.333. The predicted octanol–water partition coefficient (Wildman–Crippen LogP) is 1.74. The summed E-state index contributed by atoms with van der Waals surface area (Å²) in [5.41, 5.74) is 1.24. The second kappa shape index (κ2) is 5.91. The number of nitro groups is 1. The number of fused-ring (bicyclic) bond motifs is 1. The monoisotopic (exact) mass is 296 g/mol. The lowest BCUT2D eigenvalue weighted by Gasteiger charge is -2.17. The number of thioether (sulfide) groups is 1. The molecule has 1 aliphatic rings. The summed E-state index contributed by atoms with van der Waals surface area (Å²) in [6.45, 7) is 0. The molecule has 0 saturated heterocycles. The first kappa shape index (κ1) is 14.3. The molecule has 106 valence electrons. The van der Waals surface area contributed by atoms with Crippen LogP contribution in [-0.2, 0) is 20.7 Å². The van der Waals surface area contributed by atoms with Crippen molar-refractivity contribution in [1.82, 2.24) is 0 Å². The molecule has 7 nitrogen and oxygen atoms in total. The first-order chi connectivity index (χ1) is 9.51. The van der Waals surface area contributed by atoms with Crippen LogP contribution in [0.15, 0.2) is 17.0 Å². The second-order valence-corrected chi connectivity index (χ2v) is 5.16. The van der Waals surface area contributed by atoms with Gasteiger partial charge in [-0.2, -0.15) is 0 Å². The van der Waals surface area contributed by atoms with Crippen molar-refractivity contribution in [2.45, 2.75) is 17.7 Å². The van der Waals surface area contributed by atoms with Crippen LogP contribution in [0.1, 0.15) is 12.0 Å². The van der Waals surface area contributed by atoms with Crippen LogP contribution >= 0.6 is 11.8 Å². The van der Waals surface area contributed by atoms with Crippen molar-refractivity contribution in [1.29, 1.82) is 0 Å². The number of nitro benzene ring substituents is 1. The van der Waals surface area contributed by atoms with E-state index in [1.165, 1.54) is 19.2 Å². The van der Waals surface area contributed by atoms with Crippen molar-refractivity contribution >= 4 is 35.0 Å². The van der Waals surface area contributed by atoms with E-state index in [4.69, 9.17) is 0 Å². The number of esters is 1. The third-order valence-corrected chi connectivity index (χ3v) is 3.87. The van der Waals surface area contributed by atoms with Gasteiger partial charge in [-0.05, 0) is 18.1 Å². The number of nitrogens with one attached hydrogen (secondary N) is 1. The summed E-state index contributed by atoms with van der Waals surface area (Å²) in [5, 5.41) is 13.8. The molecule has 0 aromatic heterocycles. The number of ether oxygens (including phenoxy) is 1. The van der Waals surface area contributed by atoms with Gasteiger partial charge in [0.1, 0.15) is 0 Å². The van der Waals surface area contributed by atoms with Gasteiger partial charge in [-0.25, -0.2) is 0 Å². The minimum atomic E-state index is -0.490. The van der Waals surface area contributed by atoms with Crippen molar-refractivity contribution in [3.63, 3.8) is 0 Å². The molecule has 0 saturated carbocycles. The Morgan fingerprint density at radius 3 is 2.90 bits per heavy atom. The summed E-state index contributed by atoms with van der Waals surface area (Å²) in [6.07, 6.45) is 0.794. The molecule has 0 bridgehead atoms. The Morgan fingerprint density at radius 1 is 1.50 bits per heavy atom. The van der Waals surface area contributed by atoms with E-state index in [0.717, 1.165) is 17.3 Å². The maximum absolute atomic E-state index is 11.3. The largest absolute Gasteiger partial charge is 0.468 e. The van der Waals surface area contributed by atoms with E-state index < -0.39 is 10.9 Å². The standard InChI is InChI=1S/C12H12N2O5S/c1-19-12(16)6-20-10-5-8-7(2-3-11(15)13-8)4-9(10)14(17)18/h4-5H,2-3,6H2,1H3,(H,13,15). The number of carbonyl (C=O) groups is 2. The van der Waals surface area contributed by atoms with Gasteiger partial charge in [-0.3, -0.25) is 19.7 Å². The molecule has 0 atom stereocenters. The average Bonchev–Trinajstić information content (AvgIpc) is 2.43. The van der Waals surface area contributed by atoms with Crippen LogP contribution in [0.25, 0.3) is 0 Å². The third kappa shape index (κ3) is 3.08. The van der Waals surface area contributed by atoms with Crippen LogP contribution in [-0.4, -0.2) is 29.7 Å². The zero-order chi connectivity index (χ0) is 14.7. The van der Waals surface area contributed by atoms with Crippen molar-refractivity contribution in [3.05, 3.63) is 27.8 Å². The first-order valence-corrected chi connectivity index (χ1v) is 6.80. The minimum absolute atomic E-state index is 0.0237. The van der Waals surface area contributed by atoms with E-state index >= 15 is 0 Å². The van der Waals surface area contributed by atoms with Gasteiger partial charge in [0.05, 0.1) is 22.7 Å². The van der Waals surface area contributed by atoms with Crippen LogP contribution < -0.4 is 5.32 Å². The number of amides is 1. The molecular formula is C12H12N2O5S. The Bertz CT molecular complexity index is 587. The number of aryl methyl sites for hydroxylation is 1. The highest BCUT2D eigenvalue weighted by atomic mass is 32.2. The molecule has 1 heterocycles. The Kier molecular flexibility index (Phi) is 4.23. The average molecular weight is 296 g/mol. The molecule has 1 aromatic carbocycles. The molecule has 2 rings (SSSR count). The van der Waals surface area contributed by atoms with Crippen molar-refractivity contribution in [2.75, 3.05) is 18.2 Å². The van der Waals surface area contributed by atoms with E-state index in [2.05, 4.69) is 10.1 Å². The predicted molar refractivity (Wildman–Crippen MR) is 72.8 cm³/mol. The Labute approximate surface area is 118 Å². The second-order valence-electron chi connectivity index (χ2n) is 4.15. The van der Waals surface area contributed by atoms with E-state index in [9.17, 15) is 19.7 Å². The maximum Gasteiger partial charge on any atom is 0.315 e. The van der Waals surface area contributed by atoms with Crippen LogP contribution in [0.4, 0.5) is 11.4 Å². The lowest BCUT2D eigenvalue weighted by atomic mass is 10.0. The molecule has 1 aliphatic heterocycles. The van der Waals surface area contributed by atoms with E-state index in [1.807, 2.05) is 0 Å². The molecule has 0 radical (unpaired) electrons. The van der Waals surface area contributed by atoms with E-state index in [0.29, 0.717) is 23.4 Å². The van der Waals surface area contributed by atoms with Gasteiger partial charge in [0.25, 0.3) is 5.69 Å². The van der Waals surface area contributed by atoms with Gasteiger partial charge in [-0.1, -0.05) is 0 Å². The first-order valence-electron chi connectivity index (χ1n) is 5.82. The van der Waals surface area contributed by atoms with E-state index in [1.54, 1.807) is 0 Å². The lowest BCUT2D eigenvalue weighted by molar-refractivity contribution is -0.387. The molecule has 0 aliphatic carbocycles. The maximum atomic E-state index is 11.3. The molecule has 8 heteroatoms. The van der Waals surface area contributed by atoms with Crippen LogP contribution in [0, 0.1) is 10.1 Å². The minimum Gasteiger partial charge on any atom is -0.468 e. The topological polar surface area (TPSA) is 98.5 Å². The van der Waals surface area contributed by atoms with Gasteiger partial charge in [0, 0.05) is 18.2 Å². The number of carbonyl (C=O) groups excluding carboxylic acids is 2. The van der Waals surface area contributed by atoms with Crippen LogP contribution in [0.3, 0.4) is 0 Å². The molecule has 0 spiro atoms. The SMILES string of the molecule is COC(=O)CSc1cc2c(cc1[N+](=O)[O-])CCC(=O)N2. The van der Waals surface area contributed by atoms with Crippen LogP contribution in [0.5, 0.6) is 0 Å². The van der Waals surface area contributed by atoms with Crippen molar-refractivity contribution < 1.29 is 19.2 Å². The van der Waals surface area contributed by atoms with Gasteiger partial charge in [-0.15, -0.1) is 11.8 Å². The highest BCUT2D eigenvalue weighted by Gasteiger charge is 2.23. The summed E-state index contributed by atoms with van der Waals surface area (Å²) in [6, 6.07) is 2.99. The molecule has 1 amide bonds. The molecule has 20 heavy (non-hydrogen) atoms. The normalized spacial score (nSPS) is 13.3. The number of anilines is 1. The molecular weight excluding hydrogens is 284 g/mol. The number of rotatable bonds is 4. The third-order valence-electron chi connectivity index (χ3n) is 2.85. The van der Waals surface area contributed by atoms with Gasteiger partial charge in [0.2, 0.25) is 5.91 Å². The summed E-state index contributed by atoms with van der Waals surface area (Å²) < 4.78 is 4.50. The van der Waals surface area contributed by atoms with Crippen LogP contribution in [0.2, 0.25) is 0 Å². The van der Waals surface area contributed by atoms with Gasteiger partial charge < -0.3 is 10.1 Å². The zero-order valence-electron chi connectivity index (χ0n) is 10.7. The molecule has 0 unspecified atom stereocenters. The molecule has 1 N–H and O–H groups in total. The number of benzene rings is 1. The zero-order valence-corrected chi connectivity index (χ0v) is 11.5. The highest BCUT2D eigenvalue weighted by Crippen LogP contribution is 2.36.